The van der Waals surface area contributed by atoms with Gasteiger partial charge in [0.2, 0.25) is 5.91 Å². The predicted octanol–water partition coefficient (Wildman–Crippen LogP) is 15.1. The molecule has 9 nitrogen and oxygen atoms in total. The van der Waals surface area contributed by atoms with Gasteiger partial charge in [0, 0.05) is 57.4 Å². The summed E-state index contributed by atoms with van der Waals surface area (Å²) < 4.78 is 11.6. The number of amides is 1. The van der Waals surface area contributed by atoms with Gasteiger partial charge in [-0.25, -0.2) is 0 Å². The molecule has 1 aliphatic rings. The Hall–Kier alpha value is -1.71. The first-order chi connectivity index (χ1) is 33.4. The van der Waals surface area contributed by atoms with Crippen LogP contribution in [0.15, 0.2) is 0 Å². The number of esters is 2. The molecule has 0 aromatic carbocycles. The van der Waals surface area contributed by atoms with Gasteiger partial charge in [0.1, 0.15) is 0 Å². The number of carbonyl (C=O) groups excluding carboxylic acids is 3. The summed E-state index contributed by atoms with van der Waals surface area (Å²) in [5.41, 5.74) is 0. The van der Waals surface area contributed by atoms with Crippen molar-refractivity contribution in [3.05, 3.63) is 0 Å². The highest BCUT2D eigenvalue weighted by Crippen LogP contribution is 2.24. The lowest BCUT2D eigenvalue weighted by molar-refractivity contribution is -0.149. The van der Waals surface area contributed by atoms with Gasteiger partial charge in [-0.15, -0.1) is 0 Å². The molecule has 1 aliphatic carbocycles. The summed E-state index contributed by atoms with van der Waals surface area (Å²) >= 11 is 0. The minimum Gasteiger partial charge on any atom is -0.465 e. The topological polar surface area (TPSA) is 108 Å². The molecule has 0 heterocycles. The molecule has 1 atom stereocenters. The molecule has 1 unspecified atom stereocenters. The van der Waals surface area contributed by atoms with E-state index < -0.39 is 0 Å². The Morgan fingerprint density at radius 1 is 0.471 bits per heavy atom. The Kier molecular flexibility index (Phi) is 46.2. The molecule has 0 saturated heterocycles. The number of nitrogens with one attached hydrogen (secondary N) is 1. The van der Waals surface area contributed by atoms with E-state index in [0.717, 1.165) is 110 Å². The highest BCUT2D eigenvalue weighted by molar-refractivity contribution is 5.75. The summed E-state index contributed by atoms with van der Waals surface area (Å²) in [4.78, 5) is 43.4. The van der Waals surface area contributed by atoms with E-state index in [2.05, 4.69) is 42.8 Å². The van der Waals surface area contributed by atoms with E-state index in [1.54, 1.807) is 0 Å². The maximum absolute atomic E-state index is 12.8. The lowest BCUT2D eigenvalue weighted by Gasteiger charge is -2.35. The second-order valence-corrected chi connectivity index (χ2v) is 21.3. The quantitative estimate of drug-likeness (QED) is 0.0458. The van der Waals surface area contributed by atoms with Gasteiger partial charge in [-0.1, -0.05) is 201 Å². The maximum Gasteiger partial charge on any atom is 0.305 e. The summed E-state index contributed by atoms with van der Waals surface area (Å²) in [6, 6.07) is 0.604. The smallest absolute Gasteiger partial charge is 0.305 e. The van der Waals surface area contributed by atoms with Crippen LogP contribution in [0, 0.1) is 11.8 Å². The predicted molar refractivity (Wildman–Crippen MR) is 288 cm³/mol. The Balaban J connectivity index is 2.62. The molecular weight excluding hydrogens is 847 g/mol. The van der Waals surface area contributed by atoms with Gasteiger partial charge in [0.25, 0.3) is 0 Å². The van der Waals surface area contributed by atoms with E-state index in [9.17, 15) is 19.5 Å². The first kappa shape index (κ1) is 64.3. The van der Waals surface area contributed by atoms with Crippen LogP contribution in [0.2, 0.25) is 0 Å². The number of hydrogen-bond acceptors (Lipinski definition) is 8. The van der Waals surface area contributed by atoms with E-state index in [1.807, 2.05) is 0 Å². The fourth-order valence-electron chi connectivity index (χ4n) is 10.2. The van der Waals surface area contributed by atoms with Crippen LogP contribution >= 0.6 is 0 Å². The average molecular weight is 963 g/mol. The molecule has 9 heteroatoms. The first-order valence-corrected chi connectivity index (χ1v) is 30.0. The van der Waals surface area contributed by atoms with Crippen molar-refractivity contribution in [2.45, 2.75) is 291 Å². The zero-order valence-corrected chi connectivity index (χ0v) is 45.8. The highest BCUT2D eigenvalue weighted by Gasteiger charge is 2.22. The second kappa shape index (κ2) is 48.9. The number of aliphatic hydroxyl groups is 1. The lowest BCUT2D eigenvalue weighted by atomic mass is 9.94. The van der Waals surface area contributed by atoms with Crippen molar-refractivity contribution in [2.24, 2.45) is 11.8 Å². The van der Waals surface area contributed by atoms with Crippen molar-refractivity contribution in [3.63, 3.8) is 0 Å². The molecule has 1 saturated carbocycles. The molecule has 1 rings (SSSR count). The number of aliphatic hydroxyl groups excluding tert-OH is 1. The third-order valence-electron chi connectivity index (χ3n) is 14.8. The fourth-order valence-corrected chi connectivity index (χ4v) is 10.2. The molecule has 0 radical (unpaired) electrons. The van der Waals surface area contributed by atoms with Gasteiger partial charge < -0.3 is 19.9 Å². The normalized spacial score (nSPS) is 14.1. The molecule has 0 aliphatic heterocycles. The maximum atomic E-state index is 12.8. The molecule has 1 amide bonds. The van der Waals surface area contributed by atoms with E-state index in [-0.39, 0.29) is 30.4 Å². The summed E-state index contributed by atoms with van der Waals surface area (Å²) in [6.45, 7) is 15.4. The minimum atomic E-state index is -0.123. The molecule has 0 aromatic heterocycles. The van der Waals surface area contributed by atoms with Gasteiger partial charge in [-0.05, 0) is 83.2 Å². The van der Waals surface area contributed by atoms with E-state index in [0.29, 0.717) is 51.0 Å². The van der Waals surface area contributed by atoms with Gasteiger partial charge in [0.05, 0.1) is 19.8 Å². The summed E-state index contributed by atoms with van der Waals surface area (Å²) in [5, 5.41) is 13.4. The summed E-state index contributed by atoms with van der Waals surface area (Å²) in [5.74, 6) is 0.645. The van der Waals surface area contributed by atoms with Crippen LogP contribution in [-0.4, -0.2) is 97.9 Å². The van der Waals surface area contributed by atoms with Crippen molar-refractivity contribution in [1.82, 2.24) is 15.1 Å². The third kappa shape index (κ3) is 39.9. The second-order valence-electron chi connectivity index (χ2n) is 21.3. The van der Waals surface area contributed by atoms with Crippen LogP contribution in [0.25, 0.3) is 0 Å². The number of nitrogens with zero attached hydrogens (tertiary/aromatic N) is 2. The monoisotopic (exact) mass is 962 g/mol. The van der Waals surface area contributed by atoms with Crippen molar-refractivity contribution in [3.8, 4) is 0 Å². The van der Waals surface area contributed by atoms with Crippen molar-refractivity contribution in [1.29, 1.82) is 0 Å². The molecule has 1 fully saturated rings. The standard InChI is InChI=1S/C59H115N3O6/c1-5-9-13-17-22-28-38-54(37-27-16-12-8-4)51-60-57(64)42-31-25-19-26-35-45-61(49-50-63)47-48-62(56-40-29-23-18-24-30-41-56)46-36-34-39-55(52-67-58(65)43-32-20-14-10-6-2)53-68-59(66)44-33-21-15-11-7-3/h54-56,63H,5-53H2,1-4H3,(H,60,64). The third-order valence-corrected chi connectivity index (χ3v) is 14.8. The molecule has 2 N–H and O–H groups in total. The van der Waals surface area contributed by atoms with Crippen LogP contribution in [0.3, 0.4) is 0 Å². The summed E-state index contributed by atoms with van der Waals surface area (Å²) in [7, 11) is 0. The van der Waals surface area contributed by atoms with E-state index >= 15 is 0 Å². The molecule has 0 spiro atoms. The number of rotatable bonds is 49. The first-order valence-electron chi connectivity index (χ1n) is 30.0. The van der Waals surface area contributed by atoms with E-state index in [4.69, 9.17) is 9.47 Å². The van der Waals surface area contributed by atoms with Crippen molar-refractivity contribution in [2.75, 3.05) is 59.1 Å². The van der Waals surface area contributed by atoms with Gasteiger partial charge >= 0.3 is 11.9 Å². The average Bonchev–Trinajstić information content (AvgIpc) is 3.32. The molecule has 68 heavy (non-hydrogen) atoms. The number of ether oxygens (including phenoxy) is 2. The minimum absolute atomic E-state index is 0.0253. The number of carbonyl (C=O) groups is 3. The lowest BCUT2D eigenvalue weighted by Crippen LogP contribution is -2.43. The van der Waals surface area contributed by atoms with Crippen LogP contribution < -0.4 is 5.32 Å². The Bertz CT molecular complexity index is 1090. The van der Waals surface area contributed by atoms with Crippen molar-refractivity contribution >= 4 is 17.8 Å². The molecular formula is C59H115N3O6. The molecule has 402 valence electrons. The van der Waals surface area contributed by atoms with Crippen LogP contribution in [-0.2, 0) is 23.9 Å². The Labute approximate surface area is 421 Å². The van der Waals surface area contributed by atoms with Crippen LogP contribution in [0.4, 0.5) is 0 Å². The van der Waals surface area contributed by atoms with Gasteiger partial charge in [-0.3, -0.25) is 24.2 Å². The SMILES string of the molecule is CCCCCCCCC(CCCCCC)CNC(=O)CCCCCCCN(CCO)CCN(CCCCC(COC(=O)CCCCCCC)COC(=O)CCCCCCC)C1CCCCCCC1. The van der Waals surface area contributed by atoms with Crippen LogP contribution in [0.5, 0.6) is 0 Å². The fraction of sp³-hybridized carbons (Fsp3) is 0.949. The van der Waals surface area contributed by atoms with Gasteiger partial charge in [-0.2, -0.15) is 0 Å². The Morgan fingerprint density at radius 3 is 1.44 bits per heavy atom. The molecule has 0 aromatic rings. The zero-order valence-electron chi connectivity index (χ0n) is 45.8. The zero-order chi connectivity index (χ0) is 49.4. The van der Waals surface area contributed by atoms with E-state index in [1.165, 1.54) is 161 Å². The number of hydrogen-bond donors (Lipinski definition) is 2. The molecule has 0 bridgehead atoms. The van der Waals surface area contributed by atoms with Crippen molar-refractivity contribution < 1.29 is 29.0 Å². The van der Waals surface area contributed by atoms with Crippen LogP contribution in [0.1, 0.15) is 285 Å². The largest absolute Gasteiger partial charge is 0.465 e. The summed E-state index contributed by atoms with van der Waals surface area (Å²) in [6.07, 6.45) is 46.0. The van der Waals surface area contributed by atoms with Gasteiger partial charge in [0.15, 0.2) is 0 Å². The highest BCUT2D eigenvalue weighted by atomic mass is 16.5. The Morgan fingerprint density at radius 2 is 0.897 bits per heavy atom. The number of unbranched alkanes of at least 4 members (excludes halogenated alkanes) is 21.